The van der Waals surface area contributed by atoms with Gasteiger partial charge in [0.1, 0.15) is 5.75 Å². The zero-order valence-electron chi connectivity index (χ0n) is 13.6. The van der Waals surface area contributed by atoms with E-state index in [2.05, 4.69) is 29.3 Å². The summed E-state index contributed by atoms with van der Waals surface area (Å²) in [5.74, 6) is 0.147. The molecule has 2 rings (SSSR count). The van der Waals surface area contributed by atoms with Gasteiger partial charge in [-0.3, -0.25) is 15.5 Å². The Morgan fingerprint density at radius 1 is 1.21 bits per heavy atom. The highest BCUT2D eigenvalue weighted by molar-refractivity contribution is 5.85. The second-order valence-electron chi connectivity index (χ2n) is 5.09. The normalized spacial score (nSPS) is 10.8. The summed E-state index contributed by atoms with van der Waals surface area (Å²) in [5, 5.41) is 24.7. The molecule has 0 radical (unpaired) electrons. The molecular weight excluding hydrogens is 308 g/mol. The minimum absolute atomic E-state index is 0.0224. The van der Waals surface area contributed by atoms with Crippen molar-refractivity contribution in [1.29, 1.82) is 0 Å². The highest BCUT2D eigenvalue weighted by atomic mass is 16.6. The first kappa shape index (κ1) is 17.3. The van der Waals surface area contributed by atoms with Gasteiger partial charge in [-0.25, -0.2) is 0 Å². The number of non-ortho nitro benzene ring substituents is 1. The van der Waals surface area contributed by atoms with E-state index in [4.69, 9.17) is 0 Å². The van der Waals surface area contributed by atoms with Gasteiger partial charge in [0.05, 0.1) is 16.8 Å². The molecule has 0 heterocycles. The predicted molar refractivity (Wildman–Crippen MR) is 96.0 cm³/mol. The molecule has 2 aromatic carbocycles. The summed E-state index contributed by atoms with van der Waals surface area (Å²) < 4.78 is 0. The van der Waals surface area contributed by atoms with Crippen molar-refractivity contribution in [3.8, 4) is 5.75 Å². The Morgan fingerprint density at radius 3 is 2.42 bits per heavy atom. The number of hydrogen-bond acceptors (Lipinski definition) is 6. The Balaban J connectivity index is 2.05. The van der Waals surface area contributed by atoms with E-state index < -0.39 is 4.92 Å². The lowest BCUT2D eigenvalue weighted by molar-refractivity contribution is -0.384. The Morgan fingerprint density at radius 2 is 1.88 bits per heavy atom. The maximum Gasteiger partial charge on any atom is 0.269 e. The van der Waals surface area contributed by atoms with Crippen LogP contribution in [-0.2, 0) is 0 Å². The van der Waals surface area contributed by atoms with Crippen molar-refractivity contribution in [1.82, 2.24) is 0 Å². The second kappa shape index (κ2) is 7.96. The van der Waals surface area contributed by atoms with E-state index in [-0.39, 0.29) is 11.4 Å². The monoisotopic (exact) mass is 328 g/mol. The lowest BCUT2D eigenvalue weighted by atomic mass is 10.2. The summed E-state index contributed by atoms with van der Waals surface area (Å²) in [5.41, 5.74) is 4.96. The molecule has 0 aromatic heterocycles. The van der Waals surface area contributed by atoms with Crippen molar-refractivity contribution in [2.24, 2.45) is 5.10 Å². The van der Waals surface area contributed by atoms with Crippen molar-refractivity contribution in [3.63, 3.8) is 0 Å². The second-order valence-corrected chi connectivity index (χ2v) is 5.09. The summed E-state index contributed by atoms with van der Waals surface area (Å²) in [6, 6.07) is 11.4. The fraction of sp³-hybridized carbons (Fsp3) is 0.235. The third-order valence-electron chi connectivity index (χ3n) is 3.62. The average Bonchev–Trinajstić information content (AvgIpc) is 2.58. The predicted octanol–water partition coefficient (Wildman–Crippen LogP) is 3.59. The smallest absolute Gasteiger partial charge is 0.269 e. The third kappa shape index (κ3) is 4.22. The van der Waals surface area contributed by atoms with Crippen molar-refractivity contribution in [2.75, 3.05) is 23.4 Å². The lowest BCUT2D eigenvalue weighted by Gasteiger charge is -2.21. The van der Waals surface area contributed by atoms with Crippen molar-refractivity contribution >= 4 is 23.3 Å². The molecule has 7 nitrogen and oxygen atoms in total. The molecule has 0 atom stereocenters. The van der Waals surface area contributed by atoms with Gasteiger partial charge in [0.2, 0.25) is 0 Å². The fourth-order valence-electron chi connectivity index (χ4n) is 2.26. The number of hydrazone groups is 1. The number of benzene rings is 2. The summed E-state index contributed by atoms with van der Waals surface area (Å²) in [6.07, 6.45) is 1.50. The van der Waals surface area contributed by atoms with Gasteiger partial charge in [-0.05, 0) is 38.1 Å². The minimum atomic E-state index is -0.456. The molecule has 0 aliphatic rings. The molecule has 0 aliphatic heterocycles. The van der Waals surface area contributed by atoms with Crippen LogP contribution in [0.15, 0.2) is 47.6 Å². The third-order valence-corrected chi connectivity index (χ3v) is 3.62. The van der Waals surface area contributed by atoms with Gasteiger partial charge in [-0.15, -0.1) is 0 Å². The Bertz CT molecular complexity index is 725. The van der Waals surface area contributed by atoms with Crippen LogP contribution in [0.25, 0.3) is 0 Å². The topological polar surface area (TPSA) is 91.0 Å². The number of nitro benzene ring substituents is 1. The number of phenolic OH excluding ortho intramolecular Hbond substituents is 1. The molecule has 0 fully saturated rings. The van der Waals surface area contributed by atoms with Crippen LogP contribution in [0.5, 0.6) is 5.75 Å². The van der Waals surface area contributed by atoms with E-state index in [9.17, 15) is 15.2 Å². The van der Waals surface area contributed by atoms with E-state index in [0.29, 0.717) is 11.3 Å². The molecule has 0 unspecified atom stereocenters. The highest BCUT2D eigenvalue weighted by Gasteiger charge is 2.06. The number of hydrogen-bond donors (Lipinski definition) is 2. The summed E-state index contributed by atoms with van der Waals surface area (Å²) in [7, 11) is 0. The van der Waals surface area contributed by atoms with Gasteiger partial charge in [0.15, 0.2) is 0 Å². The van der Waals surface area contributed by atoms with Crippen LogP contribution in [0.1, 0.15) is 19.4 Å². The van der Waals surface area contributed by atoms with Crippen molar-refractivity contribution in [2.45, 2.75) is 13.8 Å². The van der Waals surface area contributed by atoms with Gasteiger partial charge in [-0.1, -0.05) is 0 Å². The SMILES string of the molecule is CCN(CC)c1ccc(/C=N\Nc2ccc([N+](=O)[O-])cc2)c(O)c1. The zero-order valence-corrected chi connectivity index (χ0v) is 13.6. The van der Waals surface area contributed by atoms with Crippen molar-refractivity contribution < 1.29 is 10.0 Å². The standard InChI is InChI=1S/C17H20N4O3/c1-3-20(4-2)16-8-5-13(17(22)11-16)12-18-19-14-6-9-15(10-7-14)21(23)24/h5-12,19,22H,3-4H2,1-2H3/b18-12-. The molecule has 0 bridgehead atoms. The highest BCUT2D eigenvalue weighted by Crippen LogP contribution is 2.23. The van der Waals surface area contributed by atoms with E-state index >= 15 is 0 Å². The number of nitrogens with zero attached hydrogens (tertiary/aromatic N) is 3. The molecule has 2 N–H and O–H groups in total. The molecule has 0 saturated heterocycles. The molecule has 0 spiro atoms. The fourth-order valence-corrected chi connectivity index (χ4v) is 2.26. The zero-order chi connectivity index (χ0) is 17.5. The van der Waals surface area contributed by atoms with E-state index in [1.54, 1.807) is 24.3 Å². The van der Waals surface area contributed by atoms with Gasteiger partial charge in [0.25, 0.3) is 5.69 Å². The van der Waals surface area contributed by atoms with Crippen molar-refractivity contribution in [3.05, 3.63) is 58.1 Å². The largest absolute Gasteiger partial charge is 0.507 e. The number of anilines is 2. The molecular formula is C17H20N4O3. The Hall–Kier alpha value is -3.09. The van der Waals surface area contributed by atoms with Gasteiger partial charge in [0, 0.05) is 42.5 Å². The first-order chi connectivity index (χ1) is 11.5. The number of phenols is 1. The van der Waals surface area contributed by atoms with E-state index in [1.807, 2.05) is 6.07 Å². The molecule has 24 heavy (non-hydrogen) atoms. The Kier molecular flexibility index (Phi) is 5.73. The lowest BCUT2D eigenvalue weighted by Crippen LogP contribution is -2.21. The molecule has 2 aromatic rings. The van der Waals surface area contributed by atoms with Gasteiger partial charge < -0.3 is 10.0 Å². The molecule has 126 valence electrons. The summed E-state index contributed by atoms with van der Waals surface area (Å²) >= 11 is 0. The van der Waals surface area contributed by atoms with Crippen LogP contribution in [0.4, 0.5) is 17.1 Å². The number of nitrogens with one attached hydrogen (secondary N) is 1. The molecule has 0 aliphatic carbocycles. The number of rotatable bonds is 7. The summed E-state index contributed by atoms with van der Waals surface area (Å²) in [6.45, 7) is 5.85. The van der Waals surface area contributed by atoms with Crippen LogP contribution in [-0.4, -0.2) is 29.3 Å². The maximum absolute atomic E-state index is 10.6. The summed E-state index contributed by atoms with van der Waals surface area (Å²) in [4.78, 5) is 12.3. The van der Waals surface area contributed by atoms with Crippen LogP contribution in [0, 0.1) is 10.1 Å². The van der Waals surface area contributed by atoms with Crippen LogP contribution in [0.3, 0.4) is 0 Å². The molecule has 0 saturated carbocycles. The first-order valence-electron chi connectivity index (χ1n) is 7.66. The van der Waals surface area contributed by atoms with Crippen LogP contribution >= 0.6 is 0 Å². The average molecular weight is 328 g/mol. The first-order valence-corrected chi connectivity index (χ1v) is 7.66. The van der Waals surface area contributed by atoms with Crippen LogP contribution < -0.4 is 10.3 Å². The van der Waals surface area contributed by atoms with Gasteiger partial charge >= 0.3 is 0 Å². The van der Waals surface area contributed by atoms with Crippen LogP contribution in [0.2, 0.25) is 0 Å². The quantitative estimate of drug-likeness (QED) is 0.460. The maximum atomic E-state index is 10.6. The number of aromatic hydroxyl groups is 1. The van der Waals surface area contributed by atoms with Gasteiger partial charge in [-0.2, -0.15) is 5.10 Å². The minimum Gasteiger partial charge on any atom is -0.507 e. The number of nitro groups is 1. The van der Waals surface area contributed by atoms with E-state index in [1.165, 1.54) is 18.3 Å². The molecule has 7 heteroatoms. The Labute approximate surface area is 140 Å². The molecule has 0 amide bonds. The van der Waals surface area contributed by atoms with E-state index in [0.717, 1.165) is 18.8 Å².